The van der Waals surface area contributed by atoms with Crippen LogP contribution in [-0.2, 0) is 9.59 Å². The van der Waals surface area contributed by atoms with Crippen LogP contribution in [0.3, 0.4) is 0 Å². The van der Waals surface area contributed by atoms with Crippen LogP contribution in [0.25, 0.3) is 0 Å². The summed E-state index contributed by atoms with van der Waals surface area (Å²) in [5, 5.41) is 13.3. The molecule has 0 saturated carbocycles. The van der Waals surface area contributed by atoms with Gasteiger partial charge in [-0.1, -0.05) is 19.4 Å². The number of amides is 1. The Bertz CT molecular complexity index is 348. The molecule has 1 heterocycles. The summed E-state index contributed by atoms with van der Waals surface area (Å²) in [4.78, 5) is 23.1. The lowest BCUT2D eigenvalue weighted by molar-refractivity contribution is -0.142. The Hall–Kier alpha value is -1.36. The van der Waals surface area contributed by atoms with Gasteiger partial charge in [0.15, 0.2) is 6.04 Å². The van der Waals surface area contributed by atoms with E-state index in [-0.39, 0.29) is 5.91 Å². The van der Waals surface area contributed by atoms with Crippen molar-refractivity contribution in [1.29, 1.82) is 0 Å². The average molecular weight is 241 g/mol. The number of rotatable bonds is 6. The van der Waals surface area contributed by atoms with Gasteiger partial charge in [-0.15, -0.1) is 11.3 Å². The van der Waals surface area contributed by atoms with Gasteiger partial charge in [-0.2, -0.15) is 0 Å². The van der Waals surface area contributed by atoms with Gasteiger partial charge in [0.25, 0.3) is 0 Å². The number of thiophene rings is 1. The lowest BCUT2D eigenvalue weighted by Crippen LogP contribution is -2.32. The number of nitrogens with one attached hydrogen (secondary N) is 1. The minimum absolute atomic E-state index is 0.206. The molecule has 0 aliphatic heterocycles. The Kier molecular flexibility index (Phi) is 4.98. The number of carboxylic acid groups (broad SMARTS) is 1. The van der Waals surface area contributed by atoms with E-state index in [4.69, 9.17) is 5.11 Å². The summed E-state index contributed by atoms with van der Waals surface area (Å²) >= 11 is 1.33. The van der Waals surface area contributed by atoms with Crippen LogP contribution in [-0.4, -0.2) is 17.0 Å². The average Bonchev–Trinajstić information content (AvgIpc) is 2.75. The summed E-state index contributed by atoms with van der Waals surface area (Å²) in [6.07, 6.45) is 2.08. The predicted octanol–water partition coefficient (Wildman–Crippen LogP) is 2.18. The van der Waals surface area contributed by atoms with E-state index in [0.29, 0.717) is 11.3 Å². The maximum absolute atomic E-state index is 11.4. The molecule has 4 nitrogen and oxygen atoms in total. The third-order valence-corrected chi connectivity index (χ3v) is 3.07. The normalized spacial score (nSPS) is 12.1. The molecule has 1 unspecified atom stereocenters. The zero-order valence-electron chi connectivity index (χ0n) is 9.10. The third kappa shape index (κ3) is 3.66. The van der Waals surface area contributed by atoms with E-state index in [1.807, 2.05) is 6.92 Å². The molecule has 0 radical (unpaired) electrons. The minimum Gasteiger partial charge on any atom is -0.479 e. The van der Waals surface area contributed by atoms with Crippen molar-refractivity contribution < 1.29 is 14.7 Å². The van der Waals surface area contributed by atoms with Crippen LogP contribution in [0.15, 0.2) is 17.5 Å². The highest BCUT2D eigenvalue weighted by molar-refractivity contribution is 7.10. The quantitative estimate of drug-likeness (QED) is 0.802. The fourth-order valence-electron chi connectivity index (χ4n) is 1.28. The summed E-state index contributed by atoms with van der Waals surface area (Å²) < 4.78 is 0. The summed E-state index contributed by atoms with van der Waals surface area (Å²) in [5.41, 5.74) is 0. The zero-order valence-corrected chi connectivity index (χ0v) is 9.92. The standard InChI is InChI=1S/C11H15NO3S/c1-2-3-6-9(13)12-10(11(14)15)8-5-4-7-16-8/h4-5,7,10H,2-3,6H2,1H3,(H,12,13)(H,14,15). The number of aliphatic carboxylic acids is 1. The van der Waals surface area contributed by atoms with E-state index < -0.39 is 12.0 Å². The molecular formula is C11H15NO3S. The Labute approximate surface area is 98.3 Å². The van der Waals surface area contributed by atoms with Gasteiger partial charge in [0.2, 0.25) is 5.91 Å². The van der Waals surface area contributed by atoms with Gasteiger partial charge in [-0.3, -0.25) is 4.79 Å². The maximum Gasteiger partial charge on any atom is 0.331 e. The van der Waals surface area contributed by atoms with Crippen molar-refractivity contribution in [3.8, 4) is 0 Å². The minimum atomic E-state index is -1.02. The first-order valence-corrected chi connectivity index (χ1v) is 6.08. The number of carbonyl (C=O) groups excluding carboxylic acids is 1. The molecule has 1 rings (SSSR count). The molecule has 0 bridgehead atoms. The van der Waals surface area contributed by atoms with E-state index in [9.17, 15) is 9.59 Å². The van der Waals surface area contributed by atoms with Gasteiger partial charge in [-0.25, -0.2) is 4.79 Å². The molecule has 88 valence electrons. The topological polar surface area (TPSA) is 66.4 Å². The molecule has 5 heteroatoms. The van der Waals surface area contributed by atoms with Crippen LogP contribution in [0.2, 0.25) is 0 Å². The molecule has 0 aromatic carbocycles. The summed E-state index contributed by atoms with van der Waals surface area (Å²) in [7, 11) is 0. The van der Waals surface area contributed by atoms with Crippen molar-refractivity contribution in [2.45, 2.75) is 32.2 Å². The van der Waals surface area contributed by atoms with E-state index >= 15 is 0 Å². The maximum atomic E-state index is 11.4. The molecule has 0 aliphatic rings. The Morgan fingerprint density at radius 2 is 2.31 bits per heavy atom. The summed E-state index contributed by atoms with van der Waals surface area (Å²) in [6.45, 7) is 1.99. The van der Waals surface area contributed by atoms with Gasteiger partial charge in [0.1, 0.15) is 0 Å². The van der Waals surface area contributed by atoms with E-state index in [1.165, 1.54) is 11.3 Å². The van der Waals surface area contributed by atoms with Gasteiger partial charge >= 0.3 is 5.97 Å². The number of unbranched alkanes of at least 4 members (excludes halogenated alkanes) is 1. The van der Waals surface area contributed by atoms with Crippen molar-refractivity contribution in [3.63, 3.8) is 0 Å². The van der Waals surface area contributed by atoms with Gasteiger partial charge < -0.3 is 10.4 Å². The van der Waals surface area contributed by atoms with Crippen LogP contribution in [0.5, 0.6) is 0 Å². The number of hydrogen-bond acceptors (Lipinski definition) is 3. The van der Waals surface area contributed by atoms with Crippen LogP contribution in [0, 0.1) is 0 Å². The Morgan fingerprint density at radius 3 is 2.81 bits per heavy atom. The molecule has 0 fully saturated rings. The van der Waals surface area contributed by atoms with Crippen molar-refractivity contribution >= 4 is 23.2 Å². The molecule has 1 atom stereocenters. The first kappa shape index (κ1) is 12.7. The molecule has 1 amide bonds. The van der Waals surface area contributed by atoms with Crippen LogP contribution in [0.4, 0.5) is 0 Å². The largest absolute Gasteiger partial charge is 0.479 e. The van der Waals surface area contributed by atoms with Crippen LogP contribution in [0.1, 0.15) is 37.1 Å². The monoisotopic (exact) mass is 241 g/mol. The lowest BCUT2D eigenvalue weighted by Gasteiger charge is -2.12. The zero-order chi connectivity index (χ0) is 12.0. The van der Waals surface area contributed by atoms with Gasteiger partial charge in [0, 0.05) is 11.3 Å². The van der Waals surface area contributed by atoms with Crippen molar-refractivity contribution in [2.75, 3.05) is 0 Å². The second-order valence-electron chi connectivity index (χ2n) is 3.46. The summed E-state index contributed by atoms with van der Waals surface area (Å²) in [6, 6.07) is 2.57. The third-order valence-electron chi connectivity index (χ3n) is 2.14. The number of carbonyl (C=O) groups is 2. The molecule has 16 heavy (non-hydrogen) atoms. The molecular weight excluding hydrogens is 226 g/mol. The highest BCUT2D eigenvalue weighted by Gasteiger charge is 2.22. The fourth-order valence-corrected chi connectivity index (χ4v) is 2.05. The second kappa shape index (κ2) is 6.27. The van der Waals surface area contributed by atoms with E-state index in [2.05, 4.69) is 5.32 Å². The fraction of sp³-hybridized carbons (Fsp3) is 0.455. The highest BCUT2D eigenvalue weighted by Crippen LogP contribution is 2.19. The summed E-state index contributed by atoms with van der Waals surface area (Å²) in [5.74, 6) is -1.23. The molecule has 0 spiro atoms. The van der Waals surface area contributed by atoms with Gasteiger partial charge in [0.05, 0.1) is 0 Å². The Balaban J connectivity index is 2.59. The predicted molar refractivity (Wildman–Crippen MR) is 62.4 cm³/mol. The van der Waals surface area contributed by atoms with Crippen molar-refractivity contribution in [1.82, 2.24) is 5.32 Å². The van der Waals surface area contributed by atoms with Crippen molar-refractivity contribution in [2.24, 2.45) is 0 Å². The first-order chi connectivity index (χ1) is 7.65. The SMILES string of the molecule is CCCCC(=O)NC(C(=O)O)c1cccs1. The molecule has 0 saturated heterocycles. The van der Waals surface area contributed by atoms with Crippen LogP contribution >= 0.6 is 11.3 Å². The van der Waals surface area contributed by atoms with Gasteiger partial charge in [-0.05, 0) is 17.9 Å². The first-order valence-electron chi connectivity index (χ1n) is 5.20. The smallest absolute Gasteiger partial charge is 0.331 e. The van der Waals surface area contributed by atoms with Crippen molar-refractivity contribution in [3.05, 3.63) is 22.4 Å². The highest BCUT2D eigenvalue weighted by atomic mass is 32.1. The molecule has 1 aromatic rings. The molecule has 0 aliphatic carbocycles. The van der Waals surface area contributed by atoms with Crippen LogP contribution < -0.4 is 5.32 Å². The second-order valence-corrected chi connectivity index (χ2v) is 4.44. The Morgan fingerprint density at radius 1 is 1.56 bits per heavy atom. The van der Waals surface area contributed by atoms with E-state index in [1.54, 1.807) is 17.5 Å². The molecule has 2 N–H and O–H groups in total. The number of hydrogen-bond donors (Lipinski definition) is 2. The number of carboxylic acids is 1. The van der Waals surface area contributed by atoms with E-state index in [0.717, 1.165) is 12.8 Å². The lowest BCUT2D eigenvalue weighted by atomic mass is 10.2. The molecule has 1 aromatic heterocycles.